The second kappa shape index (κ2) is 9.94. The molecule has 0 aromatic heterocycles. The molecule has 8 nitrogen and oxygen atoms in total. The number of rotatable bonds is 6. The quantitative estimate of drug-likeness (QED) is 0.533. The Kier molecular flexibility index (Phi) is 6.94. The molecule has 0 fully saturated rings. The number of benzene rings is 3. The Bertz CT molecular complexity index is 1430. The molecule has 2 N–H and O–H groups in total. The largest absolute Gasteiger partial charge is 0.322 e. The van der Waals surface area contributed by atoms with Gasteiger partial charge in [0.25, 0.3) is 10.0 Å². The van der Waals surface area contributed by atoms with E-state index in [1.54, 1.807) is 74.5 Å². The number of aryl methyl sites for hydroxylation is 3. The van der Waals surface area contributed by atoms with Crippen LogP contribution in [0.5, 0.6) is 0 Å². The molecule has 0 saturated heterocycles. The summed E-state index contributed by atoms with van der Waals surface area (Å²) in [5.74, 6) is -1.93. The molecule has 0 aliphatic carbocycles. The molecule has 3 aromatic carbocycles. The van der Waals surface area contributed by atoms with Crippen molar-refractivity contribution in [3.63, 3.8) is 0 Å². The molecule has 36 heavy (non-hydrogen) atoms. The molecule has 1 heterocycles. The lowest BCUT2D eigenvalue weighted by Gasteiger charge is -2.37. The molecule has 0 unspecified atom stereocenters. The van der Waals surface area contributed by atoms with Gasteiger partial charge < -0.3 is 5.32 Å². The minimum Gasteiger partial charge on any atom is -0.322 e. The number of amides is 3. The number of fused-ring (bicyclic) bond motifs is 1. The van der Waals surface area contributed by atoms with E-state index in [1.807, 2.05) is 13.0 Å². The Balaban J connectivity index is 1.68. The Morgan fingerprint density at radius 3 is 2.19 bits per heavy atom. The monoisotopic (exact) mass is 505 g/mol. The van der Waals surface area contributed by atoms with Crippen LogP contribution in [0.3, 0.4) is 0 Å². The van der Waals surface area contributed by atoms with Gasteiger partial charge in [0.1, 0.15) is 6.04 Å². The van der Waals surface area contributed by atoms with E-state index in [-0.39, 0.29) is 17.0 Å². The molecule has 9 heteroatoms. The van der Waals surface area contributed by atoms with Gasteiger partial charge >= 0.3 is 0 Å². The van der Waals surface area contributed by atoms with Crippen LogP contribution >= 0.6 is 0 Å². The summed E-state index contributed by atoms with van der Waals surface area (Å²) >= 11 is 0. The fraction of sp³-hybridized carbons (Fsp3) is 0.222. The van der Waals surface area contributed by atoms with Crippen molar-refractivity contribution in [1.29, 1.82) is 0 Å². The number of nitrogens with one attached hydrogen (secondary N) is 2. The normalized spacial score (nSPS) is 15.1. The molecule has 1 atom stereocenters. The first-order valence-electron chi connectivity index (χ1n) is 11.5. The lowest BCUT2D eigenvalue weighted by atomic mass is 10.1. The third-order valence-electron chi connectivity index (χ3n) is 5.97. The highest BCUT2D eigenvalue weighted by atomic mass is 32.2. The Labute approximate surface area is 210 Å². The second-order valence-corrected chi connectivity index (χ2v) is 10.6. The molecule has 4 rings (SSSR count). The van der Waals surface area contributed by atoms with E-state index in [2.05, 4.69) is 10.6 Å². The van der Waals surface area contributed by atoms with E-state index in [1.165, 1.54) is 0 Å². The Hall–Kier alpha value is -3.98. The molecule has 0 radical (unpaired) electrons. The molecule has 3 aromatic rings. The smallest absolute Gasteiger partial charge is 0.265 e. The number of para-hydroxylation sites is 2. The molecule has 0 saturated carbocycles. The van der Waals surface area contributed by atoms with Crippen molar-refractivity contribution in [1.82, 2.24) is 5.32 Å². The zero-order chi connectivity index (χ0) is 26.0. The lowest BCUT2D eigenvalue weighted by Crippen LogP contribution is -2.53. The highest BCUT2D eigenvalue weighted by Gasteiger charge is 2.43. The number of carbonyl (C=O) groups excluding carboxylic acids is 3. The number of carbonyl (C=O) groups is 3. The average Bonchev–Trinajstić information content (AvgIpc) is 2.79. The van der Waals surface area contributed by atoms with Gasteiger partial charge in [-0.1, -0.05) is 60.2 Å². The third-order valence-corrected chi connectivity index (χ3v) is 8.10. The highest BCUT2D eigenvalue weighted by Crippen LogP contribution is 2.38. The summed E-state index contributed by atoms with van der Waals surface area (Å²) in [6.07, 6.45) is -0.542. The summed E-state index contributed by atoms with van der Waals surface area (Å²) in [6, 6.07) is 17.6. The number of nitrogens with zero attached hydrogens (tertiary/aromatic N) is 1. The second-order valence-electron chi connectivity index (χ2n) is 8.89. The highest BCUT2D eigenvalue weighted by molar-refractivity contribution is 7.93. The zero-order valence-corrected chi connectivity index (χ0v) is 21.1. The fourth-order valence-electron chi connectivity index (χ4n) is 4.61. The van der Waals surface area contributed by atoms with E-state index in [0.29, 0.717) is 16.8 Å². The summed E-state index contributed by atoms with van der Waals surface area (Å²) in [5, 5.41) is 4.97. The van der Waals surface area contributed by atoms with E-state index in [0.717, 1.165) is 15.4 Å². The molecule has 1 aliphatic rings. The van der Waals surface area contributed by atoms with Gasteiger partial charge in [0.2, 0.25) is 17.7 Å². The lowest BCUT2D eigenvalue weighted by molar-refractivity contribution is -0.131. The van der Waals surface area contributed by atoms with Crippen molar-refractivity contribution in [2.24, 2.45) is 0 Å². The van der Waals surface area contributed by atoms with Crippen molar-refractivity contribution >= 4 is 39.1 Å². The van der Waals surface area contributed by atoms with Crippen LogP contribution in [0.2, 0.25) is 0 Å². The van der Waals surface area contributed by atoms with Crippen LogP contribution in [0.25, 0.3) is 0 Å². The summed E-state index contributed by atoms with van der Waals surface area (Å²) in [6.45, 7) is 5.28. The number of sulfonamides is 1. The summed E-state index contributed by atoms with van der Waals surface area (Å²) in [5.41, 5.74) is 3.29. The third kappa shape index (κ3) is 5.01. The van der Waals surface area contributed by atoms with Crippen LogP contribution in [0, 0.1) is 20.8 Å². The average molecular weight is 506 g/mol. The van der Waals surface area contributed by atoms with Gasteiger partial charge in [-0.2, -0.15) is 0 Å². The topological polar surface area (TPSA) is 113 Å². The van der Waals surface area contributed by atoms with Gasteiger partial charge in [0.05, 0.1) is 29.1 Å². The van der Waals surface area contributed by atoms with Crippen molar-refractivity contribution < 1.29 is 22.8 Å². The van der Waals surface area contributed by atoms with Crippen LogP contribution < -0.4 is 14.9 Å². The van der Waals surface area contributed by atoms with Crippen molar-refractivity contribution in [3.05, 3.63) is 89.0 Å². The SMILES string of the molecule is Cc1cc(C)c(S(=O)(=O)N2c3ccccc3NC(=O)[C@@H]2CC(=O)NC(=O)Cc2ccccc2)c(C)c1. The predicted octanol–water partition coefficient (Wildman–Crippen LogP) is 3.40. The molecular weight excluding hydrogens is 478 g/mol. The van der Waals surface area contributed by atoms with Crippen LogP contribution in [0.4, 0.5) is 11.4 Å². The standard InChI is InChI=1S/C27H27N3O5S/c1-17-13-18(2)26(19(3)14-17)36(34,35)30-22-12-8-7-11-21(22)28-27(33)23(30)16-25(32)29-24(31)15-20-9-5-4-6-10-20/h4-14,23H,15-16H2,1-3H3,(H,28,33)(H,29,31,32)/t23-/m0/s1. The van der Waals surface area contributed by atoms with Gasteiger partial charge in [0.15, 0.2) is 0 Å². The van der Waals surface area contributed by atoms with E-state index >= 15 is 0 Å². The molecule has 0 bridgehead atoms. The van der Waals surface area contributed by atoms with Gasteiger partial charge in [-0.15, -0.1) is 0 Å². The molecule has 3 amide bonds. The number of hydrogen-bond acceptors (Lipinski definition) is 5. The summed E-state index contributed by atoms with van der Waals surface area (Å²) in [4.78, 5) is 38.4. The van der Waals surface area contributed by atoms with E-state index in [9.17, 15) is 22.8 Å². The van der Waals surface area contributed by atoms with Crippen molar-refractivity contribution in [2.45, 2.75) is 44.6 Å². The van der Waals surface area contributed by atoms with Crippen LogP contribution in [-0.4, -0.2) is 32.2 Å². The number of hydrogen-bond donors (Lipinski definition) is 2. The molecule has 186 valence electrons. The molecular formula is C27H27N3O5S. The predicted molar refractivity (Wildman–Crippen MR) is 137 cm³/mol. The maximum Gasteiger partial charge on any atom is 0.265 e. The van der Waals surface area contributed by atoms with Gasteiger partial charge in [0, 0.05) is 0 Å². The maximum absolute atomic E-state index is 14.1. The van der Waals surface area contributed by atoms with Crippen molar-refractivity contribution in [2.75, 3.05) is 9.62 Å². The van der Waals surface area contributed by atoms with Crippen LogP contribution in [-0.2, 0) is 30.8 Å². The van der Waals surface area contributed by atoms with Gasteiger partial charge in [-0.25, -0.2) is 8.42 Å². The first-order chi connectivity index (χ1) is 17.1. The fourth-order valence-corrected chi connectivity index (χ4v) is 6.67. The summed E-state index contributed by atoms with van der Waals surface area (Å²) in [7, 11) is -4.25. The van der Waals surface area contributed by atoms with Crippen LogP contribution in [0.1, 0.15) is 28.7 Å². The van der Waals surface area contributed by atoms with Crippen molar-refractivity contribution in [3.8, 4) is 0 Å². The van der Waals surface area contributed by atoms with E-state index < -0.39 is 40.2 Å². The minimum absolute atomic E-state index is 0.0178. The Morgan fingerprint density at radius 2 is 1.53 bits per heavy atom. The number of imide groups is 1. The van der Waals surface area contributed by atoms with Crippen LogP contribution in [0.15, 0.2) is 71.6 Å². The Morgan fingerprint density at radius 1 is 0.917 bits per heavy atom. The first kappa shape index (κ1) is 25.1. The maximum atomic E-state index is 14.1. The molecule has 0 spiro atoms. The first-order valence-corrected chi connectivity index (χ1v) is 12.9. The summed E-state index contributed by atoms with van der Waals surface area (Å²) < 4.78 is 29.1. The minimum atomic E-state index is -4.25. The zero-order valence-electron chi connectivity index (χ0n) is 20.2. The van der Waals surface area contributed by atoms with Gasteiger partial charge in [-0.05, 0) is 49.6 Å². The molecule has 1 aliphatic heterocycles. The van der Waals surface area contributed by atoms with E-state index in [4.69, 9.17) is 0 Å². The van der Waals surface area contributed by atoms with Gasteiger partial charge in [-0.3, -0.25) is 24.0 Å². The number of anilines is 2.